The first kappa shape index (κ1) is 20.2. The van der Waals surface area contributed by atoms with Crippen LogP contribution in [0.3, 0.4) is 0 Å². The number of pyridine rings is 2. The summed E-state index contributed by atoms with van der Waals surface area (Å²) in [6, 6.07) is 42.9. The Morgan fingerprint density at radius 3 is 2.08 bits per heavy atom. The third-order valence-electron chi connectivity index (χ3n) is 7.37. The Morgan fingerprint density at radius 2 is 1.19 bits per heavy atom. The van der Waals surface area contributed by atoms with Gasteiger partial charge in [0.25, 0.3) is 0 Å². The van der Waals surface area contributed by atoms with Crippen LogP contribution in [0.15, 0.2) is 128 Å². The molecular weight excluding hydrogens is 450 g/mol. The van der Waals surface area contributed by atoms with E-state index in [2.05, 4.69) is 108 Å². The van der Waals surface area contributed by atoms with E-state index in [1.807, 2.05) is 24.4 Å². The van der Waals surface area contributed by atoms with Crippen LogP contribution in [-0.4, -0.2) is 14.4 Å². The van der Waals surface area contributed by atoms with Gasteiger partial charge in [0.15, 0.2) is 5.65 Å². The summed E-state index contributed by atoms with van der Waals surface area (Å²) in [6.45, 7) is 0. The molecule has 0 bridgehead atoms. The third-order valence-corrected chi connectivity index (χ3v) is 7.37. The van der Waals surface area contributed by atoms with Crippen molar-refractivity contribution in [3.8, 4) is 22.4 Å². The molecule has 0 saturated heterocycles. The number of rotatable bonds is 2. The molecule has 5 aromatic carbocycles. The Balaban J connectivity index is 1.42. The molecule has 0 saturated carbocycles. The first-order valence-electron chi connectivity index (χ1n) is 12.5. The molecule has 0 aliphatic rings. The van der Waals surface area contributed by atoms with Crippen molar-refractivity contribution in [2.45, 2.75) is 0 Å². The van der Waals surface area contributed by atoms with E-state index in [4.69, 9.17) is 9.97 Å². The highest BCUT2D eigenvalue weighted by Gasteiger charge is 2.16. The monoisotopic (exact) mass is 471 g/mol. The molecule has 0 aliphatic heterocycles. The smallest absolute Gasteiger partial charge is 0.165 e. The van der Waals surface area contributed by atoms with Crippen molar-refractivity contribution in [2.75, 3.05) is 0 Å². The minimum absolute atomic E-state index is 0.880. The maximum absolute atomic E-state index is 5.21. The molecule has 0 atom stereocenters. The van der Waals surface area contributed by atoms with Crippen LogP contribution in [0, 0.1) is 0 Å². The lowest BCUT2D eigenvalue weighted by Crippen LogP contribution is -1.92. The molecule has 0 unspecified atom stereocenters. The van der Waals surface area contributed by atoms with E-state index in [1.54, 1.807) is 0 Å². The summed E-state index contributed by atoms with van der Waals surface area (Å²) in [5, 5.41) is 7.29. The Kier molecular flexibility index (Phi) is 4.23. The SMILES string of the molecule is c1cc(-c2cc3ccccc3c3ccccc23)cc(-c2nc3c(nc4ccccn43)c3ccccc23)c1. The molecule has 0 N–H and O–H groups in total. The topological polar surface area (TPSA) is 30.2 Å². The van der Waals surface area contributed by atoms with Crippen molar-refractivity contribution in [3.05, 3.63) is 128 Å². The second kappa shape index (κ2) is 7.74. The highest BCUT2D eigenvalue weighted by molar-refractivity contribution is 6.14. The molecule has 0 aliphatic carbocycles. The van der Waals surface area contributed by atoms with Gasteiger partial charge in [-0.3, -0.25) is 4.40 Å². The lowest BCUT2D eigenvalue weighted by atomic mass is 9.92. The number of hydrogen-bond donors (Lipinski definition) is 0. The number of benzene rings is 5. The molecular formula is C34H21N3. The van der Waals surface area contributed by atoms with Crippen LogP contribution >= 0.6 is 0 Å². The summed E-state index contributed by atoms with van der Waals surface area (Å²) in [5.74, 6) is 0. The molecule has 3 nitrogen and oxygen atoms in total. The number of imidazole rings is 1. The predicted molar refractivity (Wildman–Crippen MR) is 154 cm³/mol. The van der Waals surface area contributed by atoms with Gasteiger partial charge in [-0.2, -0.15) is 0 Å². The van der Waals surface area contributed by atoms with Crippen LogP contribution in [0.1, 0.15) is 0 Å². The quantitative estimate of drug-likeness (QED) is 0.236. The first-order valence-corrected chi connectivity index (χ1v) is 12.5. The van der Waals surface area contributed by atoms with Crippen molar-refractivity contribution >= 4 is 49.1 Å². The van der Waals surface area contributed by atoms with Crippen LogP contribution in [0.5, 0.6) is 0 Å². The van der Waals surface area contributed by atoms with Crippen LogP contribution in [0.2, 0.25) is 0 Å². The van der Waals surface area contributed by atoms with Crippen LogP contribution in [0.4, 0.5) is 0 Å². The molecule has 3 heterocycles. The van der Waals surface area contributed by atoms with Crippen molar-refractivity contribution in [2.24, 2.45) is 0 Å². The van der Waals surface area contributed by atoms with Gasteiger partial charge in [0.05, 0.1) is 5.69 Å². The largest absolute Gasteiger partial charge is 0.284 e. The fourth-order valence-corrected chi connectivity index (χ4v) is 5.68. The molecule has 0 amide bonds. The van der Waals surface area contributed by atoms with E-state index < -0.39 is 0 Å². The van der Waals surface area contributed by atoms with E-state index in [-0.39, 0.29) is 0 Å². The van der Waals surface area contributed by atoms with Gasteiger partial charge in [0.2, 0.25) is 0 Å². The first-order chi connectivity index (χ1) is 18.3. The van der Waals surface area contributed by atoms with E-state index in [0.717, 1.165) is 38.8 Å². The molecule has 3 heteroatoms. The highest BCUT2D eigenvalue weighted by atomic mass is 15.1. The van der Waals surface area contributed by atoms with Gasteiger partial charge in [0, 0.05) is 22.5 Å². The molecule has 3 aromatic heterocycles. The fraction of sp³-hybridized carbons (Fsp3) is 0. The van der Waals surface area contributed by atoms with Gasteiger partial charge in [-0.05, 0) is 56.9 Å². The van der Waals surface area contributed by atoms with Crippen molar-refractivity contribution in [3.63, 3.8) is 0 Å². The summed E-state index contributed by atoms with van der Waals surface area (Å²) in [6.07, 6.45) is 2.04. The van der Waals surface area contributed by atoms with Crippen molar-refractivity contribution in [1.29, 1.82) is 0 Å². The maximum atomic E-state index is 5.21. The molecule has 8 aromatic rings. The average molecular weight is 472 g/mol. The second-order valence-electron chi connectivity index (χ2n) is 9.49. The number of fused-ring (bicyclic) bond motifs is 8. The molecule has 37 heavy (non-hydrogen) atoms. The number of nitrogens with zero attached hydrogens (tertiary/aromatic N) is 3. The number of hydrogen-bond acceptors (Lipinski definition) is 2. The zero-order valence-electron chi connectivity index (χ0n) is 20.0. The maximum Gasteiger partial charge on any atom is 0.165 e. The van der Waals surface area contributed by atoms with Gasteiger partial charge >= 0.3 is 0 Å². The zero-order chi connectivity index (χ0) is 24.3. The Labute approximate surface area is 213 Å². The van der Waals surface area contributed by atoms with Crippen LogP contribution in [0.25, 0.3) is 71.5 Å². The standard InChI is InChI=1S/C34H21N3/c1-2-13-25-23(10-1)21-30(27-15-4-3-14-26(25)27)22-11-9-12-24(20-22)32-28-16-5-6-17-29(28)33-34(36-32)37-19-8-7-18-31(37)35-33/h1-21H. The highest BCUT2D eigenvalue weighted by Crippen LogP contribution is 2.38. The van der Waals surface area contributed by atoms with Gasteiger partial charge in [0.1, 0.15) is 11.2 Å². The van der Waals surface area contributed by atoms with E-state index in [0.29, 0.717) is 0 Å². The van der Waals surface area contributed by atoms with Crippen molar-refractivity contribution in [1.82, 2.24) is 14.4 Å². The molecule has 8 rings (SSSR count). The summed E-state index contributed by atoms with van der Waals surface area (Å²) in [7, 11) is 0. The van der Waals surface area contributed by atoms with Gasteiger partial charge < -0.3 is 0 Å². The van der Waals surface area contributed by atoms with E-state index in [9.17, 15) is 0 Å². The van der Waals surface area contributed by atoms with E-state index in [1.165, 1.54) is 32.7 Å². The lowest BCUT2D eigenvalue weighted by Gasteiger charge is -2.13. The molecule has 0 spiro atoms. The summed E-state index contributed by atoms with van der Waals surface area (Å²) >= 11 is 0. The molecule has 172 valence electrons. The van der Waals surface area contributed by atoms with Crippen LogP contribution < -0.4 is 0 Å². The van der Waals surface area contributed by atoms with Crippen molar-refractivity contribution < 1.29 is 0 Å². The Morgan fingerprint density at radius 1 is 0.486 bits per heavy atom. The Bertz CT molecular complexity index is 2150. The third kappa shape index (κ3) is 3.01. The molecule has 0 fully saturated rings. The summed E-state index contributed by atoms with van der Waals surface area (Å²) < 4.78 is 2.08. The minimum atomic E-state index is 0.880. The van der Waals surface area contributed by atoms with Gasteiger partial charge in [-0.15, -0.1) is 0 Å². The predicted octanol–water partition coefficient (Wildman–Crippen LogP) is 8.68. The van der Waals surface area contributed by atoms with Crippen LogP contribution in [-0.2, 0) is 0 Å². The van der Waals surface area contributed by atoms with Gasteiger partial charge in [-0.1, -0.05) is 97.1 Å². The van der Waals surface area contributed by atoms with E-state index >= 15 is 0 Å². The number of aromatic nitrogens is 3. The minimum Gasteiger partial charge on any atom is -0.284 e. The van der Waals surface area contributed by atoms with Gasteiger partial charge in [-0.25, -0.2) is 9.97 Å². The second-order valence-corrected chi connectivity index (χ2v) is 9.49. The zero-order valence-corrected chi connectivity index (χ0v) is 20.0. The summed E-state index contributed by atoms with van der Waals surface area (Å²) in [5.41, 5.74) is 7.20. The summed E-state index contributed by atoms with van der Waals surface area (Å²) in [4.78, 5) is 10.1. The fourth-order valence-electron chi connectivity index (χ4n) is 5.68. The lowest BCUT2D eigenvalue weighted by molar-refractivity contribution is 1.19. The average Bonchev–Trinajstić information content (AvgIpc) is 3.35. The molecule has 0 radical (unpaired) electrons. The Hall–Kier alpha value is -5.02. The normalized spacial score (nSPS) is 11.8.